The van der Waals surface area contributed by atoms with E-state index in [1.165, 1.54) is 10.3 Å². The highest BCUT2D eigenvalue weighted by molar-refractivity contribution is 9.08. The van der Waals surface area contributed by atoms with Crippen molar-refractivity contribution in [3.05, 3.63) is 33.7 Å². The molecule has 0 fully saturated rings. The third kappa shape index (κ3) is 1.82. The molecule has 1 aromatic carbocycles. The molecule has 1 aromatic heterocycles. The fraction of sp³-hybridized carbons (Fsp3) is 0.200. The van der Waals surface area contributed by atoms with Crippen LogP contribution in [0.15, 0.2) is 18.2 Å². The van der Waals surface area contributed by atoms with E-state index >= 15 is 0 Å². The van der Waals surface area contributed by atoms with Gasteiger partial charge in [-0.3, -0.25) is 0 Å². The van der Waals surface area contributed by atoms with Crippen LogP contribution in [-0.2, 0) is 11.9 Å². The van der Waals surface area contributed by atoms with Crippen molar-refractivity contribution in [2.45, 2.75) is 11.9 Å². The standard InChI is InChI=1S/C10H8BrClOS/c11-4-8-2-6(5-13)1-7-3-9(12)14-10(7)8/h1-3,13H,4-5H2. The van der Waals surface area contributed by atoms with Crippen molar-refractivity contribution in [1.82, 2.24) is 0 Å². The summed E-state index contributed by atoms with van der Waals surface area (Å²) in [5.74, 6) is 0. The van der Waals surface area contributed by atoms with Gasteiger partial charge in [-0.1, -0.05) is 33.6 Å². The maximum Gasteiger partial charge on any atom is 0.0940 e. The second-order valence-electron chi connectivity index (χ2n) is 3.02. The Kier molecular flexibility index (Phi) is 3.12. The van der Waals surface area contributed by atoms with Gasteiger partial charge in [-0.25, -0.2) is 0 Å². The van der Waals surface area contributed by atoms with Gasteiger partial charge in [-0.15, -0.1) is 11.3 Å². The number of halogens is 2. The summed E-state index contributed by atoms with van der Waals surface area (Å²) >= 11 is 11.0. The first-order valence-corrected chi connectivity index (χ1v) is 6.44. The van der Waals surface area contributed by atoms with Crippen LogP contribution in [0.5, 0.6) is 0 Å². The molecule has 0 saturated carbocycles. The quantitative estimate of drug-likeness (QED) is 0.831. The predicted molar refractivity (Wildman–Crippen MR) is 65.4 cm³/mol. The lowest BCUT2D eigenvalue weighted by atomic mass is 10.1. The Morgan fingerprint density at radius 1 is 1.36 bits per heavy atom. The summed E-state index contributed by atoms with van der Waals surface area (Å²) < 4.78 is 1.99. The van der Waals surface area contributed by atoms with Gasteiger partial charge < -0.3 is 5.11 Å². The molecule has 4 heteroatoms. The van der Waals surface area contributed by atoms with Gasteiger partial charge in [-0.2, -0.15) is 0 Å². The molecule has 1 N–H and O–H groups in total. The Bertz CT molecular complexity index is 466. The Morgan fingerprint density at radius 3 is 2.79 bits per heavy atom. The van der Waals surface area contributed by atoms with Crippen LogP contribution in [0.3, 0.4) is 0 Å². The summed E-state index contributed by atoms with van der Waals surface area (Å²) in [7, 11) is 0. The average molecular weight is 292 g/mol. The lowest BCUT2D eigenvalue weighted by Gasteiger charge is -2.01. The lowest BCUT2D eigenvalue weighted by Crippen LogP contribution is -1.86. The molecule has 2 rings (SSSR count). The Labute approximate surface area is 99.4 Å². The summed E-state index contributed by atoms with van der Waals surface area (Å²) in [6.07, 6.45) is 0. The zero-order valence-electron chi connectivity index (χ0n) is 7.26. The van der Waals surface area contributed by atoms with Crippen molar-refractivity contribution in [2.75, 3.05) is 0 Å². The number of alkyl halides is 1. The van der Waals surface area contributed by atoms with E-state index in [1.807, 2.05) is 18.2 Å². The van der Waals surface area contributed by atoms with Gasteiger partial charge in [0.1, 0.15) is 0 Å². The summed E-state index contributed by atoms with van der Waals surface area (Å²) in [5.41, 5.74) is 2.12. The van der Waals surface area contributed by atoms with E-state index in [2.05, 4.69) is 15.9 Å². The van der Waals surface area contributed by atoms with Crippen LogP contribution in [-0.4, -0.2) is 5.11 Å². The van der Waals surface area contributed by atoms with Crippen LogP contribution >= 0.6 is 38.9 Å². The molecule has 0 bridgehead atoms. The lowest BCUT2D eigenvalue weighted by molar-refractivity contribution is 0.282. The second-order valence-corrected chi connectivity index (χ2v) is 5.26. The molecule has 74 valence electrons. The number of aliphatic hydroxyl groups excluding tert-OH is 1. The molecule has 2 aromatic rings. The highest BCUT2D eigenvalue weighted by atomic mass is 79.9. The zero-order chi connectivity index (χ0) is 10.1. The third-order valence-electron chi connectivity index (χ3n) is 2.05. The number of benzene rings is 1. The van der Waals surface area contributed by atoms with E-state index in [0.717, 1.165) is 20.6 Å². The predicted octanol–water partition coefficient (Wildman–Crippen LogP) is 3.94. The third-order valence-corrected chi connectivity index (χ3v) is 4.01. The SMILES string of the molecule is OCc1cc(CBr)c2sc(Cl)cc2c1. The molecule has 0 amide bonds. The van der Waals surface area contributed by atoms with Gasteiger partial charge in [0.2, 0.25) is 0 Å². The number of hydrogen-bond donors (Lipinski definition) is 1. The molecule has 0 atom stereocenters. The molecule has 14 heavy (non-hydrogen) atoms. The molecule has 0 spiro atoms. The molecule has 0 saturated heterocycles. The number of rotatable bonds is 2. The Morgan fingerprint density at radius 2 is 2.14 bits per heavy atom. The normalized spacial score (nSPS) is 11.1. The van der Waals surface area contributed by atoms with E-state index < -0.39 is 0 Å². The summed E-state index contributed by atoms with van der Waals surface area (Å²) in [4.78, 5) is 0. The van der Waals surface area contributed by atoms with Gasteiger partial charge in [0.25, 0.3) is 0 Å². The molecule has 0 radical (unpaired) electrons. The number of hydrogen-bond acceptors (Lipinski definition) is 2. The van der Waals surface area contributed by atoms with E-state index in [-0.39, 0.29) is 6.61 Å². The monoisotopic (exact) mass is 290 g/mol. The van der Waals surface area contributed by atoms with Crippen LogP contribution < -0.4 is 0 Å². The zero-order valence-corrected chi connectivity index (χ0v) is 10.4. The minimum atomic E-state index is 0.0728. The van der Waals surface area contributed by atoms with Crippen LogP contribution in [0.1, 0.15) is 11.1 Å². The van der Waals surface area contributed by atoms with Gasteiger partial charge in [-0.05, 0) is 28.6 Å². The van der Waals surface area contributed by atoms with Crippen LogP contribution in [0.4, 0.5) is 0 Å². The van der Waals surface area contributed by atoms with Crippen molar-refractivity contribution >= 4 is 49.0 Å². The van der Waals surface area contributed by atoms with Crippen LogP contribution in [0.25, 0.3) is 10.1 Å². The fourth-order valence-corrected chi connectivity index (χ4v) is 3.31. The fourth-order valence-electron chi connectivity index (χ4n) is 1.45. The van der Waals surface area contributed by atoms with Crippen molar-refractivity contribution in [3.63, 3.8) is 0 Å². The Hall–Kier alpha value is -0.0900. The van der Waals surface area contributed by atoms with Crippen molar-refractivity contribution < 1.29 is 5.11 Å². The molecular weight excluding hydrogens is 284 g/mol. The maximum atomic E-state index is 9.08. The van der Waals surface area contributed by atoms with Crippen LogP contribution in [0, 0.1) is 0 Å². The first-order valence-electron chi connectivity index (χ1n) is 4.12. The summed E-state index contributed by atoms with van der Waals surface area (Å²) in [6.45, 7) is 0.0728. The molecule has 1 nitrogen and oxygen atoms in total. The average Bonchev–Trinajstić information content (AvgIpc) is 2.56. The van der Waals surface area contributed by atoms with E-state index in [9.17, 15) is 0 Å². The van der Waals surface area contributed by atoms with Gasteiger partial charge in [0.05, 0.1) is 10.9 Å². The van der Waals surface area contributed by atoms with E-state index in [0.29, 0.717) is 0 Å². The number of thiophene rings is 1. The van der Waals surface area contributed by atoms with Gasteiger partial charge in [0, 0.05) is 10.0 Å². The summed E-state index contributed by atoms with van der Waals surface area (Å²) in [5, 5.41) is 11.0. The molecular formula is C10H8BrClOS. The largest absolute Gasteiger partial charge is 0.392 e. The van der Waals surface area contributed by atoms with E-state index in [4.69, 9.17) is 16.7 Å². The van der Waals surface area contributed by atoms with Crippen molar-refractivity contribution in [3.8, 4) is 0 Å². The second kappa shape index (κ2) is 4.19. The van der Waals surface area contributed by atoms with Crippen molar-refractivity contribution in [2.24, 2.45) is 0 Å². The molecule has 0 aliphatic carbocycles. The first-order chi connectivity index (χ1) is 6.74. The first kappa shape index (κ1) is 10.4. The minimum absolute atomic E-state index is 0.0728. The van der Waals surface area contributed by atoms with Gasteiger partial charge in [0.15, 0.2) is 0 Å². The van der Waals surface area contributed by atoms with E-state index in [1.54, 1.807) is 11.3 Å². The highest BCUT2D eigenvalue weighted by Gasteiger charge is 2.06. The molecule has 0 aliphatic rings. The molecule has 0 aliphatic heterocycles. The van der Waals surface area contributed by atoms with Crippen LogP contribution in [0.2, 0.25) is 4.34 Å². The molecule has 0 unspecified atom stereocenters. The highest BCUT2D eigenvalue weighted by Crippen LogP contribution is 2.33. The Balaban J connectivity index is 2.72. The van der Waals surface area contributed by atoms with Gasteiger partial charge >= 0.3 is 0 Å². The summed E-state index contributed by atoms with van der Waals surface area (Å²) in [6, 6.07) is 5.92. The topological polar surface area (TPSA) is 20.2 Å². The maximum absolute atomic E-state index is 9.08. The number of fused-ring (bicyclic) bond motifs is 1. The molecule has 1 heterocycles. The smallest absolute Gasteiger partial charge is 0.0940 e. The minimum Gasteiger partial charge on any atom is -0.392 e. The van der Waals surface area contributed by atoms with Crippen molar-refractivity contribution in [1.29, 1.82) is 0 Å². The number of aliphatic hydroxyl groups is 1.